The third-order valence-corrected chi connectivity index (χ3v) is 4.44. The van der Waals surface area contributed by atoms with E-state index in [9.17, 15) is 0 Å². The summed E-state index contributed by atoms with van der Waals surface area (Å²) in [5.74, 6) is 1.61. The van der Waals surface area contributed by atoms with Crippen LogP contribution in [0.15, 0.2) is 23.8 Å². The van der Waals surface area contributed by atoms with Crippen LogP contribution in [0.2, 0.25) is 0 Å². The van der Waals surface area contributed by atoms with Gasteiger partial charge in [0, 0.05) is 5.92 Å². The number of allylic oxidation sites excluding steroid dienone is 3. The molecule has 1 fully saturated rings. The molecule has 0 aromatic heterocycles. The molecule has 0 nitrogen and oxygen atoms in total. The highest BCUT2D eigenvalue weighted by molar-refractivity contribution is 5.33. The number of rotatable bonds is 0. The Balaban J connectivity index is 2.24. The van der Waals surface area contributed by atoms with Crippen LogP contribution in [-0.2, 0) is 0 Å². The van der Waals surface area contributed by atoms with E-state index in [4.69, 9.17) is 0 Å². The molecule has 0 N–H and O–H groups in total. The molecule has 0 aliphatic heterocycles. The van der Waals surface area contributed by atoms with Crippen molar-refractivity contribution in [2.24, 2.45) is 17.3 Å². The maximum absolute atomic E-state index is 4.25. The molecular weight excluding hydrogens is 180 g/mol. The van der Waals surface area contributed by atoms with Gasteiger partial charge >= 0.3 is 0 Å². The average Bonchev–Trinajstić information content (AvgIpc) is 2.53. The predicted molar refractivity (Wildman–Crippen MR) is 66.7 cm³/mol. The standard InChI is InChI=1S/C15H24/c1-11-5-7-13-12(2)6-8-14(13)15(3,4)10-9-11/h8,11,13H,2,5-7,9-10H2,1,3-4H3. The molecule has 1 saturated carbocycles. The van der Waals surface area contributed by atoms with Crippen LogP contribution in [0.4, 0.5) is 0 Å². The van der Waals surface area contributed by atoms with Gasteiger partial charge in [0.15, 0.2) is 0 Å². The SMILES string of the molecule is C=C1CC=C2C1CCC(C)CCC2(C)C. The second-order valence-electron chi connectivity index (χ2n) is 6.18. The number of hydrogen-bond acceptors (Lipinski definition) is 0. The fourth-order valence-corrected chi connectivity index (χ4v) is 3.20. The summed E-state index contributed by atoms with van der Waals surface area (Å²) in [5.41, 5.74) is 3.57. The molecule has 84 valence electrons. The van der Waals surface area contributed by atoms with E-state index in [0.717, 1.165) is 12.3 Å². The van der Waals surface area contributed by atoms with Crippen LogP contribution < -0.4 is 0 Å². The zero-order valence-corrected chi connectivity index (χ0v) is 10.5. The average molecular weight is 204 g/mol. The maximum Gasteiger partial charge on any atom is 0.00129 e. The van der Waals surface area contributed by atoms with Crippen molar-refractivity contribution in [1.82, 2.24) is 0 Å². The van der Waals surface area contributed by atoms with E-state index in [1.807, 2.05) is 0 Å². The summed E-state index contributed by atoms with van der Waals surface area (Å²) in [4.78, 5) is 0. The van der Waals surface area contributed by atoms with Crippen molar-refractivity contribution in [1.29, 1.82) is 0 Å². The third-order valence-electron chi connectivity index (χ3n) is 4.44. The van der Waals surface area contributed by atoms with E-state index in [1.165, 1.54) is 31.3 Å². The van der Waals surface area contributed by atoms with Crippen LogP contribution in [0, 0.1) is 17.3 Å². The van der Waals surface area contributed by atoms with E-state index in [2.05, 4.69) is 33.4 Å². The van der Waals surface area contributed by atoms with Crippen molar-refractivity contribution in [2.75, 3.05) is 0 Å². The number of fused-ring (bicyclic) bond motifs is 1. The van der Waals surface area contributed by atoms with Gasteiger partial charge in [0.05, 0.1) is 0 Å². The van der Waals surface area contributed by atoms with Gasteiger partial charge < -0.3 is 0 Å². The predicted octanol–water partition coefficient (Wildman–Crippen LogP) is 4.73. The Morgan fingerprint density at radius 3 is 2.73 bits per heavy atom. The first-order valence-corrected chi connectivity index (χ1v) is 6.39. The molecule has 2 aliphatic rings. The van der Waals surface area contributed by atoms with Gasteiger partial charge in [-0.1, -0.05) is 44.6 Å². The minimum absolute atomic E-state index is 0.415. The maximum atomic E-state index is 4.25. The van der Waals surface area contributed by atoms with Crippen molar-refractivity contribution in [3.63, 3.8) is 0 Å². The highest BCUT2D eigenvalue weighted by Gasteiger charge is 2.35. The lowest BCUT2D eigenvalue weighted by Crippen LogP contribution is -2.23. The molecule has 0 bridgehead atoms. The molecule has 0 aromatic carbocycles. The zero-order chi connectivity index (χ0) is 11.1. The lowest BCUT2D eigenvalue weighted by Gasteiger charge is -2.35. The van der Waals surface area contributed by atoms with Crippen molar-refractivity contribution in [2.45, 2.75) is 52.9 Å². The van der Waals surface area contributed by atoms with Crippen molar-refractivity contribution >= 4 is 0 Å². The third kappa shape index (κ3) is 2.04. The molecule has 2 unspecified atom stereocenters. The van der Waals surface area contributed by atoms with Crippen LogP contribution in [0.25, 0.3) is 0 Å². The van der Waals surface area contributed by atoms with E-state index in [-0.39, 0.29) is 0 Å². The minimum Gasteiger partial charge on any atom is -0.0989 e. The summed E-state index contributed by atoms with van der Waals surface area (Å²) >= 11 is 0. The van der Waals surface area contributed by atoms with Gasteiger partial charge in [-0.05, 0) is 43.4 Å². The summed E-state index contributed by atoms with van der Waals surface area (Å²) in [5, 5.41) is 0. The summed E-state index contributed by atoms with van der Waals surface area (Å²) in [6, 6.07) is 0. The smallest absolute Gasteiger partial charge is 0.00129 e. The molecule has 0 radical (unpaired) electrons. The monoisotopic (exact) mass is 204 g/mol. The topological polar surface area (TPSA) is 0 Å². The second-order valence-corrected chi connectivity index (χ2v) is 6.18. The largest absolute Gasteiger partial charge is 0.0989 e. The van der Waals surface area contributed by atoms with E-state index in [1.54, 1.807) is 5.57 Å². The molecule has 0 aromatic rings. The Bertz CT molecular complexity index is 293. The Morgan fingerprint density at radius 2 is 2.00 bits per heavy atom. The Kier molecular flexibility index (Phi) is 2.79. The summed E-state index contributed by atoms with van der Waals surface area (Å²) in [6.07, 6.45) is 9.07. The van der Waals surface area contributed by atoms with Crippen LogP contribution in [0.5, 0.6) is 0 Å². The Labute approximate surface area is 94.5 Å². The lowest BCUT2D eigenvalue weighted by atomic mass is 9.70. The summed E-state index contributed by atoms with van der Waals surface area (Å²) < 4.78 is 0. The first-order valence-electron chi connectivity index (χ1n) is 6.39. The molecule has 0 spiro atoms. The first kappa shape index (κ1) is 11.0. The van der Waals surface area contributed by atoms with Crippen LogP contribution in [0.3, 0.4) is 0 Å². The van der Waals surface area contributed by atoms with E-state index >= 15 is 0 Å². The van der Waals surface area contributed by atoms with Gasteiger partial charge in [0.1, 0.15) is 0 Å². The molecule has 2 rings (SSSR count). The Morgan fingerprint density at radius 1 is 1.27 bits per heavy atom. The Hall–Kier alpha value is -0.520. The van der Waals surface area contributed by atoms with Gasteiger partial charge in [0.25, 0.3) is 0 Å². The van der Waals surface area contributed by atoms with Gasteiger partial charge in [0.2, 0.25) is 0 Å². The van der Waals surface area contributed by atoms with Gasteiger partial charge in [-0.25, -0.2) is 0 Å². The molecule has 0 heteroatoms. The normalized spacial score (nSPS) is 35.4. The van der Waals surface area contributed by atoms with Crippen molar-refractivity contribution in [3.05, 3.63) is 23.8 Å². The highest BCUT2D eigenvalue weighted by Crippen LogP contribution is 2.48. The van der Waals surface area contributed by atoms with Crippen molar-refractivity contribution in [3.8, 4) is 0 Å². The van der Waals surface area contributed by atoms with Crippen LogP contribution in [0.1, 0.15) is 52.9 Å². The minimum atomic E-state index is 0.415. The van der Waals surface area contributed by atoms with Gasteiger partial charge in [-0.15, -0.1) is 0 Å². The van der Waals surface area contributed by atoms with Gasteiger partial charge in [-0.2, -0.15) is 0 Å². The van der Waals surface area contributed by atoms with E-state index < -0.39 is 0 Å². The molecule has 0 heterocycles. The zero-order valence-electron chi connectivity index (χ0n) is 10.5. The molecule has 2 aliphatic carbocycles. The van der Waals surface area contributed by atoms with E-state index in [0.29, 0.717) is 11.3 Å². The fourth-order valence-electron chi connectivity index (χ4n) is 3.20. The van der Waals surface area contributed by atoms with Gasteiger partial charge in [-0.3, -0.25) is 0 Å². The molecular formula is C15H24. The second kappa shape index (κ2) is 3.81. The molecule has 15 heavy (non-hydrogen) atoms. The molecule has 0 amide bonds. The molecule has 0 saturated heterocycles. The van der Waals surface area contributed by atoms with Crippen LogP contribution >= 0.6 is 0 Å². The summed E-state index contributed by atoms with van der Waals surface area (Å²) in [7, 11) is 0. The fraction of sp³-hybridized carbons (Fsp3) is 0.733. The summed E-state index contributed by atoms with van der Waals surface area (Å²) in [6.45, 7) is 11.5. The number of hydrogen-bond donors (Lipinski definition) is 0. The first-order chi connectivity index (χ1) is 7.00. The molecule has 2 atom stereocenters. The highest BCUT2D eigenvalue weighted by atomic mass is 14.4. The lowest BCUT2D eigenvalue weighted by molar-refractivity contribution is 0.286. The van der Waals surface area contributed by atoms with Crippen molar-refractivity contribution < 1.29 is 0 Å². The van der Waals surface area contributed by atoms with Crippen LogP contribution in [-0.4, -0.2) is 0 Å². The quantitative estimate of drug-likeness (QED) is 0.501.